The predicted octanol–water partition coefficient (Wildman–Crippen LogP) is 5.05. The lowest BCUT2D eigenvalue weighted by Gasteiger charge is -2.29. The summed E-state index contributed by atoms with van der Waals surface area (Å²) in [4.78, 5) is 22.4. The highest BCUT2D eigenvalue weighted by Crippen LogP contribution is 2.32. The number of thiazole rings is 1. The maximum Gasteiger partial charge on any atom is 0.260 e. The number of para-hydroxylation sites is 1. The van der Waals surface area contributed by atoms with Crippen molar-refractivity contribution >= 4 is 55.0 Å². The van der Waals surface area contributed by atoms with E-state index in [0.29, 0.717) is 36.2 Å². The first-order valence-corrected chi connectivity index (χ1v) is 14.4. The molecule has 0 atom stereocenters. The molecule has 196 valence electrons. The van der Waals surface area contributed by atoms with Gasteiger partial charge in [-0.15, -0.1) is 12.4 Å². The number of benzene rings is 2. The first kappa shape index (κ1) is 28.5. The molecule has 1 amide bonds. The van der Waals surface area contributed by atoms with Gasteiger partial charge in [0.2, 0.25) is 10.0 Å². The van der Waals surface area contributed by atoms with Gasteiger partial charge in [-0.25, -0.2) is 13.4 Å². The van der Waals surface area contributed by atoms with Gasteiger partial charge in [0.05, 0.1) is 15.1 Å². The molecule has 7 nitrogen and oxygen atoms in total. The quantitative estimate of drug-likeness (QED) is 0.392. The second-order valence-corrected chi connectivity index (χ2v) is 12.6. The number of piperidine rings is 1. The van der Waals surface area contributed by atoms with E-state index in [1.807, 2.05) is 39.2 Å². The molecule has 10 heteroatoms. The average molecular weight is 551 g/mol. The van der Waals surface area contributed by atoms with Crippen LogP contribution in [0.4, 0.5) is 5.13 Å². The lowest BCUT2D eigenvalue weighted by molar-refractivity contribution is 0.0986. The summed E-state index contributed by atoms with van der Waals surface area (Å²) in [7, 11) is 0.465. The van der Waals surface area contributed by atoms with Crippen molar-refractivity contribution in [3.8, 4) is 0 Å². The van der Waals surface area contributed by atoms with Crippen LogP contribution in [0.15, 0.2) is 47.4 Å². The molecule has 4 rings (SSSR count). The molecule has 36 heavy (non-hydrogen) atoms. The summed E-state index contributed by atoms with van der Waals surface area (Å²) < 4.78 is 28.8. The Hall–Kier alpha value is -2.04. The van der Waals surface area contributed by atoms with Crippen LogP contribution in [0.3, 0.4) is 0 Å². The number of fused-ring (bicyclic) bond motifs is 1. The number of carbonyl (C=O) groups excluding carboxylic acids is 1. The Labute approximate surface area is 224 Å². The van der Waals surface area contributed by atoms with Gasteiger partial charge in [-0.2, -0.15) is 4.31 Å². The number of carbonyl (C=O) groups is 1. The molecular formula is C26H35ClN4O3S2. The van der Waals surface area contributed by atoms with E-state index in [1.54, 1.807) is 33.5 Å². The average Bonchev–Trinajstić information content (AvgIpc) is 3.27. The van der Waals surface area contributed by atoms with Crippen molar-refractivity contribution in [1.82, 2.24) is 14.2 Å². The largest absolute Gasteiger partial charge is 0.309 e. The molecule has 0 bridgehead atoms. The smallest absolute Gasteiger partial charge is 0.260 e. The third kappa shape index (κ3) is 6.26. The van der Waals surface area contributed by atoms with E-state index in [2.05, 4.69) is 11.8 Å². The number of anilines is 1. The minimum absolute atomic E-state index is 0. The zero-order valence-corrected chi connectivity index (χ0v) is 23.8. The van der Waals surface area contributed by atoms with Crippen molar-refractivity contribution in [2.24, 2.45) is 5.92 Å². The minimum atomic E-state index is -3.55. The summed E-state index contributed by atoms with van der Waals surface area (Å²) in [6.07, 6.45) is 2.55. The Morgan fingerprint density at radius 2 is 1.75 bits per heavy atom. The monoisotopic (exact) mass is 550 g/mol. The highest BCUT2D eigenvalue weighted by molar-refractivity contribution is 7.89. The SMILES string of the molecule is Cc1cccc2sc(N(CCCN(C)C)C(=O)c3ccc(S(=O)(=O)N4CCC(C)CC4)cc3)nc12.Cl. The lowest BCUT2D eigenvalue weighted by atomic mass is 10.0. The highest BCUT2D eigenvalue weighted by atomic mass is 35.5. The third-order valence-electron chi connectivity index (χ3n) is 6.55. The van der Waals surface area contributed by atoms with Crippen molar-refractivity contribution in [2.45, 2.75) is 38.0 Å². The fourth-order valence-electron chi connectivity index (χ4n) is 4.32. The Balaban J connectivity index is 0.00000361. The van der Waals surface area contributed by atoms with E-state index < -0.39 is 10.0 Å². The van der Waals surface area contributed by atoms with Crippen LogP contribution in [0.2, 0.25) is 0 Å². The van der Waals surface area contributed by atoms with Gasteiger partial charge in [-0.3, -0.25) is 9.69 Å². The summed E-state index contributed by atoms with van der Waals surface area (Å²) in [5.74, 6) is 0.377. The van der Waals surface area contributed by atoms with Gasteiger partial charge in [0.1, 0.15) is 0 Å². The van der Waals surface area contributed by atoms with Crippen LogP contribution in [-0.4, -0.2) is 68.8 Å². The molecule has 0 aliphatic carbocycles. The molecule has 0 saturated carbocycles. The van der Waals surface area contributed by atoms with Gasteiger partial charge in [0, 0.05) is 25.2 Å². The molecule has 3 aromatic rings. The number of sulfonamides is 1. The first-order chi connectivity index (χ1) is 16.7. The maximum absolute atomic E-state index is 13.6. The summed E-state index contributed by atoms with van der Waals surface area (Å²) in [6, 6.07) is 12.4. The molecule has 2 aromatic carbocycles. The molecule has 1 saturated heterocycles. The zero-order chi connectivity index (χ0) is 25.2. The summed E-state index contributed by atoms with van der Waals surface area (Å²) in [5, 5.41) is 0.664. The normalized spacial score (nSPS) is 15.2. The fraction of sp³-hybridized carbons (Fsp3) is 0.462. The third-order valence-corrected chi connectivity index (χ3v) is 9.51. The second kappa shape index (κ2) is 12.0. The standard InChI is InChI=1S/C26H34N4O3S2.ClH/c1-19-13-17-29(18-14-19)35(32,33)22-11-9-21(10-12-22)25(31)30(16-6-15-28(3)4)26-27-24-20(2)7-5-8-23(24)34-26;/h5,7-12,19H,6,13-18H2,1-4H3;1H. The first-order valence-electron chi connectivity index (χ1n) is 12.1. The Bertz CT molecular complexity index is 1280. The highest BCUT2D eigenvalue weighted by Gasteiger charge is 2.29. The Kier molecular flexibility index (Phi) is 9.51. The Morgan fingerprint density at radius 1 is 1.08 bits per heavy atom. The minimum Gasteiger partial charge on any atom is -0.309 e. The van der Waals surface area contributed by atoms with Crippen molar-refractivity contribution in [2.75, 3.05) is 45.2 Å². The van der Waals surface area contributed by atoms with E-state index in [0.717, 1.165) is 41.6 Å². The summed E-state index contributed by atoms with van der Waals surface area (Å²) >= 11 is 1.51. The number of rotatable bonds is 8. The second-order valence-electron chi connectivity index (χ2n) is 9.64. The molecule has 0 N–H and O–H groups in total. The van der Waals surface area contributed by atoms with Gasteiger partial charge in [0.15, 0.2) is 5.13 Å². The molecule has 1 aliphatic heterocycles. The number of hydrogen-bond donors (Lipinski definition) is 0. The van der Waals surface area contributed by atoms with Crippen LogP contribution < -0.4 is 4.90 Å². The van der Waals surface area contributed by atoms with Gasteiger partial charge < -0.3 is 4.90 Å². The molecule has 0 radical (unpaired) electrons. The van der Waals surface area contributed by atoms with E-state index in [-0.39, 0.29) is 23.2 Å². The topological polar surface area (TPSA) is 73.8 Å². The molecule has 0 spiro atoms. The number of aryl methyl sites for hydroxylation is 1. The number of nitrogens with zero attached hydrogens (tertiary/aromatic N) is 4. The van der Waals surface area contributed by atoms with Gasteiger partial charge in [-0.1, -0.05) is 30.4 Å². The van der Waals surface area contributed by atoms with Gasteiger partial charge in [0.25, 0.3) is 5.91 Å². The van der Waals surface area contributed by atoms with Crippen molar-refractivity contribution in [3.05, 3.63) is 53.6 Å². The number of aromatic nitrogens is 1. The van der Waals surface area contributed by atoms with Gasteiger partial charge >= 0.3 is 0 Å². The van der Waals surface area contributed by atoms with Gasteiger partial charge in [-0.05, 0) is 88.6 Å². The summed E-state index contributed by atoms with van der Waals surface area (Å²) in [6.45, 7) is 6.64. The lowest BCUT2D eigenvalue weighted by Crippen LogP contribution is -2.38. The zero-order valence-electron chi connectivity index (χ0n) is 21.3. The molecule has 2 heterocycles. The predicted molar refractivity (Wildman–Crippen MR) is 150 cm³/mol. The molecule has 1 aromatic heterocycles. The van der Waals surface area contributed by atoms with E-state index in [1.165, 1.54) is 11.3 Å². The van der Waals surface area contributed by atoms with E-state index in [4.69, 9.17) is 4.98 Å². The summed E-state index contributed by atoms with van der Waals surface area (Å²) in [5.41, 5.74) is 2.44. The molecule has 1 aliphatic rings. The van der Waals surface area contributed by atoms with E-state index in [9.17, 15) is 13.2 Å². The van der Waals surface area contributed by atoms with Crippen LogP contribution in [0.5, 0.6) is 0 Å². The number of halogens is 1. The fourth-order valence-corrected chi connectivity index (χ4v) is 6.86. The molecule has 0 unspecified atom stereocenters. The number of hydrogen-bond acceptors (Lipinski definition) is 6. The van der Waals surface area contributed by atoms with Crippen molar-refractivity contribution in [1.29, 1.82) is 0 Å². The van der Waals surface area contributed by atoms with Crippen LogP contribution in [0.25, 0.3) is 10.2 Å². The van der Waals surface area contributed by atoms with Crippen molar-refractivity contribution in [3.63, 3.8) is 0 Å². The van der Waals surface area contributed by atoms with Crippen LogP contribution >= 0.6 is 23.7 Å². The van der Waals surface area contributed by atoms with Crippen LogP contribution in [-0.2, 0) is 10.0 Å². The van der Waals surface area contributed by atoms with E-state index >= 15 is 0 Å². The maximum atomic E-state index is 13.6. The Morgan fingerprint density at radius 3 is 2.36 bits per heavy atom. The number of amides is 1. The van der Waals surface area contributed by atoms with Crippen molar-refractivity contribution < 1.29 is 13.2 Å². The van der Waals surface area contributed by atoms with Crippen LogP contribution in [0.1, 0.15) is 42.1 Å². The molecular weight excluding hydrogens is 516 g/mol. The molecule has 1 fully saturated rings. The van der Waals surface area contributed by atoms with Crippen LogP contribution in [0, 0.1) is 12.8 Å².